The van der Waals surface area contributed by atoms with Crippen molar-refractivity contribution in [1.29, 1.82) is 0 Å². The Bertz CT molecular complexity index is 433. The average Bonchev–Trinajstić information content (AvgIpc) is 2.65. The molecular weight excluding hydrogens is 198 g/mol. The lowest BCUT2D eigenvalue weighted by Crippen LogP contribution is -2.16. The molecule has 2 rings (SSSR count). The SMILES string of the molecule is Cc1ccc(CN(C)Cc2ccccc2)o1. The summed E-state index contributed by atoms with van der Waals surface area (Å²) in [6, 6.07) is 14.5. The first-order valence-corrected chi connectivity index (χ1v) is 5.52. The molecule has 2 aromatic rings. The Labute approximate surface area is 96.5 Å². The van der Waals surface area contributed by atoms with Crippen molar-refractivity contribution in [2.45, 2.75) is 20.0 Å². The molecule has 0 unspecified atom stereocenters. The molecule has 1 aromatic heterocycles. The van der Waals surface area contributed by atoms with E-state index < -0.39 is 0 Å². The van der Waals surface area contributed by atoms with Crippen LogP contribution in [0.3, 0.4) is 0 Å². The van der Waals surface area contributed by atoms with Crippen LogP contribution in [0.5, 0.6) is 0 Å². The van der Waals surface area contributed by atoms with Gasteiger partial charge in [0.15, 0.2) is 0 Å². The zero-order chi connectivity index (χ0) is 11.4. The highest BCUT2D eigenvalue weighted by molar-refractivity contribution is 5.14. The van der Waals surface area contributed by atoms with Gasteiger partial charge in [-0.2, -0.15) is 0 Å². The summed E-state index contributed by atoms with van der Waals surface area (Å²) in [6.07, 6.45) is 0. The first-order chi connectivity index (χ1) is 7.74. The third kappa shape index (κ3) is 2.97. The molecule has 0 spiro atoms. The van der Waals surface area contributed by atoms with Gasteiger partial charge in [-0.1, -0.05) is 30.3 Å². The Morgan fingerprint density at radius 1 is 1.00 bits per heavy atom. The smallest absolute Gasteiger partial charge is 0.118 e. The molecule has 0 aliphatic carbocycles. The van der Waals surface area contributed by atoms with E-state index in [1.807, 2.05) is 25.1 Å². The van der Waals surface area contributed by atoms with Gasteiger partial charge in [-0.3, -0.25) is 4.90 Å². The van der Waals surface area contributed by atoms with E-state index in [0.29, 0.717) is 0 Å². The monoisotopic (exact) mass is 215 g/mol. The van der Waals surface area contributed by atoms with Gasteiger partial charge in [0.25, 0.3) is 0 Å². The van der Waals surface area contributed by atoms with Crippen LogP contribution in [-0.4, -0.2) is 11.9 Å². The quantitative estimate of drug-likeness (QED) is 0.778. The Balaban J connectivity index is 1.92. The highest BCUT2D eigenvalue weighted by atomic mass is 16.3. The van der Waals surface area contributed by atoms with Gasteiger partial charge in [0.1, 0.15) is 11.5 Å². The van der Waals surface area contributed by atoms with Gasteiger partial charge < -0.3 is 4.42 Å². The van der Waals surface area contributed by atoms with Crippen LogP contribution < -0.4 is 0 Å². The Morgan fingerprint density at radius 3 is 2.38 bits per heavy atom. The number of furan rings is 1. The highest BCUT2D eigenvalue weighted by Crippen LogP contribution is 2.10. The number of hydrogen-bond donors (Lipinski definition) is 0. The second kappa shape index (κ2) is 4.99. The molecule has 16 heavy (non-hydrogen) atoms. The topological polar surface area (TPSA) is 16.4 Å². The third-order valence-corrected chi connectivity index (χ3v) is 2.52. The normalized spacial score (nSPS) is 10.9. The minimum absolute atomic E-state index is 0.850. The van der Waals surface area contributed by atoms with E-state index in [0.717, 1.165) is 24.6 Å². The van der Waals surface area contributed by atoms with Crippen LogP contribution in [0.4, 0.5) is 0 Å². The van der Waals surface area contributed by atoms with Gasteiger partial charge in [-0.15, -0.1) is 0 Å². The van der Waals surface area contributed by atoms with E-state index in [1.165, 1.54) is 5.56 Å². The summed E-state index contributed by atoms with van der Waals surface area (Å²) in [7, 11) is 2.10. The van der Waals surface area contributed by atoms with Gasteiger partial charge in [0.2, 0.25) is 0 Å². The van der Waals surface area contributed by atoms with Gasteiger partial charge in [-0.05, 0) is 31.7 Å². The number of aryl methyl sites for hydroxylation is 1. The number of hydrogen-bond acceptors (Lipinski definition) is 2. The van der Waals surface area contributed by atoms with Crippen molar-refractivity contribution in [2.24, 2.45) is 0 Å². The highest BCUT2D eigenvalue weighted by Gasteiger charge is 2.04. The van der Waals surface area contributed by atoms with Crippen LogP contribution in [-0.2, 0) is 13.1 Å². The molecule has 0 amide bonds. The summed E-state index contributed by atoms with van der Waals surface area (Å²) in [5.41, 5.74) is 1.33. The minimum atomic E-state index is 0.850. The van der Waals surface area contributed by atoms with E-state index in [2.05, 4.69) is 36.2 Å². The molecule has 0 atom stereocenters. The van der Waals surface area contributed by atoms with Crippen molar-refractivity contribution >= 4 is 0 Å². The average molecular weight is 215 g/mol. The summed E-state index contributed by atoms with van der Waals surface area (Å²) in [5, 5.41) is 0. The fraction of sp³-hybridized carbons (Fsp3) is 0.286. The summed E-state index contributed by atoms with van der Waals surface area (Å²) in [4.78, 5) is 2.24. The number of rotatable bonds is 4. The molecule has 0 saturated carbocycles. The molecule has 0 aliphatic heterocycles. The predicted octanol–water partition coefficient (Wildman–Crippen LogP) is 3.22. The molecule has 2 heteroatoms. The van der Waals surface area contributed by atoms with Crippen LogP contribution in [0.1, 0.15) is 17.1 Å². The van der Waals surface area contributed by atoms with Crippen LogP contribution in [0.25, 0.3) is 0 Å². The van der Waals surface area contributed by atoms with Crippen molar-refractivity contribution in [2.75, 3.05) is 7.05 Å². The number of benzene rings is 1. The molecule has 1 aromatic carbocycles. The molecule has 84 valence electrons. The summed E-state index contributed by atoms with van der Waals surface area (Å²) >= 11 is 0. The lowest BCUT2D eigenvalue weighted by atomic mass is 10.2. The van der Waals surface area contributed by atoms with Crippen molar-refractivity contribution in [1.82, 2.24) is 4.90 Å². The first kappa shape index (κ1) is 11.0. The molecule has 0 radical (unpaired) electrons. The van der Waals surface area contributed by atoms with Gasteiger partial charge in [0.05, 0.1) is 6.54 Å². The van der Waals surface area contributed by atoms with Gasteiger partial charge in [0, 0.05) is 6.54 Å². The van der Waals surface area contributed by atoms with Crippen molar-refractivity contribution in [3.05, 3.63) is 59.5 Å². The van der Waals surface area contributed by atoms with Crippen LogP contribution in [0.15, 0.2) is 46.9 Å². The fourth-order valence-electron chi connectivity index (χ4n) is 1.79. The van der Waals surface area contributed by atoms with Gasteiger partial charge >= 0.3 is 0 Å². The Hall–Kier alpha value is -1.54. The largest absolute Gasteiger partial charge is 0.465 e. The molecule has 0 N–H and O–H groups in total. The fourth-order valence-corrected chi connectivity index (χ4v) is 1.79. The lowest BCUT2D eigenvalue weighted by Gasteiger charge is -2.14. The van der Waals surface area contributed by atoms with Crippen LogP contribution in [0, 0.1) is 6.92 Å². The Kier molecular flexibility index (Phi) is 3.42. The van der Waals surface area contributed by atoms with E-state index in [-0.39, 0.29) is 0 Å². The molecule has 2 nitrogen and oxygen atoms in total. The first-order valence-electron chi connectivity index (χ1n) is 5.52. The second-order valence-corrected chi connectivity index (χ2v) is 4.17. The van der Waals surface area contributed by atoms with Gasteiger partial charge in [-0.25, -0.2) is 0 Å². The molecule has 0 aliphatic rings. The van der Waals surface area contributed by atoms with Crippen molar-refractivity contribution in [3.63, 3.8) is 0 Å². The lowest BCUT2D eigenvalue weighted by molar-refractivity contribution is 0.285. The van der Waals surface area contributed by atoms with E-state index in [9.17, 15) is 0 Å². The third-order valence-electron chi connectivity index (χ3n) is 2.52. The maximum atomic E-state index is 5.55. The maximum absolute atomic E-state index is 5.55. The predicted molar refractivity (Wildman–Crippen MR) is 65.1 cm³/mol. The summed E-state index contributed by atoms with van der Waals surface area (Å²) < 4.78 is 5.55. The van der Waals surface area contributed by atoms with Crippen LogP contribution in [0.2, 0.25) is 0 Å². The minimum Gasteiger partial charge on any atom is -0.465 e. The van der Waals surface area contributed by atoms with E-state index in [1.54, 1.807) is 0 Å². The van der Waals surface area contributed by atoms with Crippen molar-refractivity contribution in [3.8, 4) is 0 Å². The summed E-state index contributed by atoms with van der Waals surface area (Å²) in [5.74, 6) is 2.00. The zero-order valence-electron chi connectivity index (χ0n) is 9.81. The number of nitrogens with zero attached hydrogens (tertiary/aromatic N) is 1. The molecule has 0 bridgehead atoms. The second-order valence-electron chi connectivity index (χ2n) is 4.17. The zero-order valence-corrected chi connectivity index (χ0v) is 9.81. The van der Waals surface area contributed by atoms with E-state index >= 15 is 0 Å². The molecule has 0 fully saturated rings. The molecule has 1 heterocycles. The van der Waals surface area contributed by atoms with Crippen molar-refractivity contribution < 1.29 is 4.42 Å². The maximum Gasteiger partial charge on any atom is 0.118 e. The Morgan fingerprint density at radius 2 is 1.75 bits per heavy atom. The van der Waals surface area contributed by atoms with Crippen LogP contribution >= 0.6 is 0 Å². The summed E-state index contributed by atoms with van der Waals surface area (Å²) in [6.45, 7) is 3.77. The standard InChI is InChI=1S/C14H17NO/c1-12-8-9-14(16-12)11-15(2)10-13-6-4-3-5-7-13/h3-9H,10-11H2,1-2H3. The van der Waals surface area contributed by atoms with E-state index in [4.69, 9.17) is 4.42 Å². The molecule has 0 saturated heterocycles. The molecular formula is C14H17NO.